The Hall–Kier alpha value is -3.84. The van der Waals surface area contributed by atoms with E-state index < -0.39 is 6.04 Å². The minimum absolute atomic E-state index is 0.200. The largest absolute Gasteiger partial charge is 0.334 e. The van der Waals surface area contributed by atoms with Gasteiger partial charge < -0.3 is 9.84 Å². The second-order valence-electron chi connectivity index (χ2n) is 8.30. The highest BCUT2D eigenvalue weighted by atomic mass is 32.2. The van der Waals surface area contributed by atoms with Gasteiger partial charge in [0.2, 0.25) is 5.82 Å². The van der Waals surface area contributed by atoms with Crippen molar-refractivity contribution >= 4 is 29.1 Å². The molecule has 1 aliphatic heterocycles. The van der Waals surface area contributed by atoms with E-state index in [-0.39, 0.29) is 6.03 Å². The number of carbonyl (C=O) groups is 1. The van der Waals surface area contributed by atoms with Gasteiger partial charge >= 0.3 is 6.03 Å². The number of hydrogen-bond acceptors (Lipinski definition) is 5. The molecule has 3 aromatic carbocycles. The Morgan fingerprint density at radius 3 is 2.37 bits per heavy atom. The van der Waals surface area contributed by atoms with Crippen molar-refractivity contribution in [3.05, 3.63) is 102 Å². The van der Waals surface area contributed by atoms with Crippen LogP contribution in [0.15, 0.2) is 94.0 Å². The summed E-state index contributed by atoms with van der Waals surface area (Å²) in [5.41, 5.74) is 5.36. The molecule has 1 aromatic heterocycles. The summed E-state index contributed by atoms with van der Waals surface area (Å²) in [6.45, 7) is 4.04. The van der Waals surface area contributed by atoms with Gasteiger partial charge in [-0.15, -0.1) is 11.8 Å². The summed E-state index contributed by atoms with van der Waals surface area (Å²) >= 11 is 1.68. The maximum absolute atomic E-state index is 13.3. The van der Waals surface area contributed by atoms with E-state index in [4.69, 9.17) is 9.51 Å². The normalized spacial score (nSPS) is 15.9. The summed E-state index contributed by atoms with van der Waals surface area (Å²) in [7, 11) is 0. The van der Waals surface area contributed by atoms with Gasteiger partial charge in [0, 0.05) is 16.2 Å². The molecule has 1 aliphatic rings. The molecule has 35 heavy (non-hydrogen) atoms. The number of hydrogen-bond donors (Lipinski definition) is 1. The van der Waals surface area contributed by atoms with E-state index >= 15 is 0 Å². The Morgan fingerprint density at radius 1 is 1.00 bits per heavy atom. The molecule has 4 aromatic rings. The zero-order valence-corrected chi connectivity index (χ0v) is 20.7. The lowest BCUT2D eigenvalue weighted by Crippen LogP contribution is -2.46. The molecule has 0 aliphatic carbocycles. The first-order valence-electron chi connectivity index (χ1n) is 11.5. The third-order valence-electron chi connectivity index (χ3n) is 6.23. The van der Waals surface area contributed by atoms with Crippen molar-refractivity contribution in [2.45, 2.75) is 31.2 Å². The van der Waals surface area contributed by atoms with Crippen LogP contribution in [0.25, 0.3) is 17.0 Å². The molecule has 2 amide bonds. The number of allylic oxidation sites excluding steroid dienone is 1. The molecule has 176 valence electrons. The Bertz CT molecular complexity index is 1360. The number of anilines is 1. The van der Waals surface area contributed by atoms with Gasteiger partial charge in [0.15, 0.2) is 0 Å². The number of carbonyl (C=O) groups excluding carboxylic acids is 1. The molecule has 0 spiro atoms. The number of para-hydroxylation sites is 1. The van der Waals surface area contributed by atoms with Crippen LogP contribution in [0.4, 0.5) is 10.5 Å². The number of nitrogens with zero attached hydrogens (tertiary/aromatic N) is 3. The summed E-state index contributed by atoms with van der Waals surface area (Å²) in [6.07, 6.45) is 2.99. The van der Waals surface area contributed by atoms with Gasteiger partial charge in [-0.1, -0.05) is 54.5 Å². The third kappa shape index (κ3) is 4.47. The fourth-order valence-electron chi connectivity index (χ4n) is 4.29. The van der Waals surface area contributed by atoms with Gasteiger partial charge in [-0.2, -0.15) is 4.98 Å². The van der Waals surface area contributed by atoms with Crippen LogP contribution < -0.4 is 10.2 Å². The standard InChI is InChI=1S/C28H26N4O2S/c1-4-19-10-12-20(13-11-19)25-24(18(2)32(28(33)29-25)22-8-6-5-7-9-22)27-30-26(31-34-27)21-14-16-23(35-3)17-15-21/h5-17,25H,4H2,1-3H3,(H,29,33). The summed E-state index contributed by atoms with van der Waals surface area (Å²) in [4.78, 5) is 20.9. The number of aromatic nitrogens is 2. The fourth-order valence-corrected chi connectivity index (χ4v) is 4.70. The van der Waals surface area contributed by atoms with E-state index in [9.17, 15) is 4.79 Å². The van der Waals surface area contributed by atoms with Gasteiger partial charge in [0.1, 0.15) is 0 Å². The van der Waals surface area contributed by atoms with E-state index in [1.165, 1.54) is 10.5 Å². The summed E-state index contributed by atoms with van der Waals surface area (Å²) < 4.78 is 5.80. The lowest BCUT2D eigenvalue weighted by atomic mass is 9.93. The molecular weight excluding hydrogens is 456 g/mol. The Kier molecular flexibility index (Phi) is 6.42. The van der Waals surface area contributed by atoms with Crippen molar-refractivity contribution in [3.8, 4) is 11.4 Å². The molecule has 0 bridgehead atoms. The quantitative estimate of drug-likeness (QED) is 0.309. The average Bonchev–Trinajstić information content (AvgIpc) is 3.39. The van der Waals surface area contributed by atoms with E-state index in [1.807, 2.05) is 79.9 Å². The smallest absolute Gasteiger partial charge is 0.326 e. The van der Waals surface area contributed by atoms with E-state index in [1.54, 1.807) is 16.7 Å². The van der Waals surface area contributed by atoms with Crippen LogP contribution in [0.1, 0.15) is 36.9 Å². The van der Waals surface area contributed by atoms with Crippen molar-refractivity contribution in [2.24, 2.45) is 0 Å². The van der Waals surface area contributed by atoms with Crippen molar-refractivity contribution in [2.75, 3.05) is 11.2 Å². The lowest BCUT2D eigenvalue weighted by molar-refractivity contribution is 0.244. The van der Waals surface area contributed by atoms with Crippen LogP contribution in [0.3, 0.4) is 0 Å². The second kappa shape index (κ2) is 9.80. The highest BCUT2D eigenvalue weighted by Gasteiger charge is 2.36. The third-order valence-corrected chi connectivity index (χ3v) is 6.97. The minimum Gasteiger partial charge on any atom is -0.334 e. The molecule has 7 heteroatoms. The highest BCUT2D eigenvalue weighted by molar-refractivity contribution is 7.98. The summed E-state index contributed by atoms with van der Waals surface area (Å²) in [5.74, 6) is 0.896. The van der Waals surface area contributed by atoms with Crippen LogP contribution in [0, 0.1) is 0 Å². The van der Waals surface area contributed by atoms with Gasteiger partial charge in [0.25, 0.3) is 5.89 Å². The topological polar surface area (TPSA) is 71.3 Å². The SMILES string of the molecule is CCc1ccc(C2NC(=O)N(c3ccccc3)C(C)=C2c2nc(-c3ccc(SC)cc3)no2)cc1. The molecule has 5 rings (SSSR count). The van der Waals surface area contributed by atoms with Crippen molar-refractivity contribution < 1.29 is 9.32 Å². The van der Waals surface area contributed by atoms with Crippen molar-refractivity contribution in [1.82, 2.24) is 15.5 Å². The van der Waals surface area contributed by atoms with E-state index in [2.05, 4.69) is 29.5 Å². The minimum atomic E-state index is -0.416. The summed E-state index contributed by atoms with van der Waals surface area (Å²) in [5, 5.41) is 7.43. The van der Waals surface area contributed by atoms with Crippen LogP contribution in [0.5, 0.6) is 0 Å². The van der Waals surface area contributed by atoms with Crippen molar-refractivity contribution in [3.63, 3.8) is 0 Å². The molecule has 1 unspecified atom stereocenters. The first-order valence-corrected chi connectivity index (χ1v) is 12.7. The molecule has 0 fully saturated rings. The fraction of sp³-hybridized carbons (Fsp3) is 0.179. The van der Waals surface area contributed by atoms with Gasteiger partial charge in [-0.05, 0) is 67.1 Å². The Morgan fingerprint density at radius 2 is 1.71 bits per heavy atom. The number of amides is 2. The molecule has 0 radical (unpaired) electrons. The zero-order chi connectivity index (χ0) is 24.4. The molecule has 2 heterocycles. The van der Waals surface area contributed by atoms with Crippen LogP contribution in [-0.2, 0) is 6.42 Å². The predicted octanol–water partition coefficient (Wildman–Crippen LogP) is 6.72. The van der Waals surface area contributed by atoms with Crippen molar-refractivity contribution in [1.29, 1.82) is 0 Å². The molecule has 1 N–H and O–H groups in total. The molecule has 0 saturated carbocycles. The Labute approximate surface area is 209 Å². The number of benzene rings is 3. The number of urea groups is 1. The Balaban J connectivity index is 1.61. The first-order chi connectivity index (χ1) is 17.1. The number of rotatable bonds is 6. The average molecular weight is 483 g/mol. The maximum atomic E-state index is 13.3. The van der Waals surface area contributed by atoms with Gasteiger partial charge in [-0.3, -0.25) is 4.90 Å². The van der Waals surface area contributed by atoms with E-state index in [0.717, 1.165) is 34.5 Å². The summed E-state index contributed by atoms with van der Waals surface area (Å²) in [6, 6.07) is 25.3. The molecule has 6 nitrogen and oxygen atoms in total. The second-order valence-corrected chi connectivity index (χ2v) is 9.18. The number of thioether (sulfide) groups is 1. The molecule has 0 saturated heterocycles. The monoisotopic (exact) mass is 482 g/mol. The number of aryl methyl sites for hydroxylation is 1. The maximum Gasteiger partial charge on any atom is 0.326 e. The molecule has 1 atom stereocenters. The van der Waals surface area contributed by atoms with Crippen LogP contribution >= 0.6 is 11.8 Å². The zero-order valence-electron chi connectivity index (χ0n) is 19.9. The van der Waals surface area contributed by atoms with Gasteiger partial charge in [0.05, 0.1) is 17.3 Å². The predicted molar refractivity (Wildman–Crippen MR) is 140 cm³/mol. The lowest BCUT2D eigenvalue weighted by Gasteiger charge is -2.35. The van der Waals surface area contributed by atoms with E-state index in [0.29, 0.717) is 11.7 Å². The van der Waals surface area contributed by atoms with Crippen LogP contribution in [-0.4, -0.2) is 22.4 Å². The number of nitrogens with one attached hydrogen (secondary N) is 1. The molecular formula is C28H26N4O2S. The van der Waals surface area contributed by atoms with Gasteiger partial charge in [-0.25, -0.2) is 4.79 Å². The highest BCUT2D eigenvalue weighted by Crippen LogP contribution is 2.39. The first kappa shape index (κ1) is 22.9. The van der Waals surface area contributed by atoms with Crippen LogP contribution in [0.2, 0.25) is 0 Å².